The minimum atomic E-state index is -0.838. The molecular weight excluding hydrogens is 352 g/mol. The molecule has 1 aromatic rings. The highest BCUT2D eigenvalue weighted by Gasteiger charge is 2.75. The van der Waals surface area contributed by atoms with Crippen LogP contribution in [0.25, 0.3) is 0 Å². The van der Waals surface area contributed by atoms with Gasteiger partial charge in [0.2, 0.25) is 0 Å². The Bertz CT molecular complexity index is 926. The van der Waals surface area contributed by atoms with Gasteiger partial charge in [-0.2, -0.15) is 0 Å². The van der Waals surface area contributed by atoms with Gasteiger partial charge >= 0.3 is 11.9 Å². The van der Waals surface area contributed by atoms with E-state index in [0.29, 0.717) is 16.9 Å². The maximum atomic E-state index is 13.0. The molecule has 0 aromatic heterocycles. The second kappa shape index (κ2) is 6.07. The fourth-order valence-electron chi connectivity index (χ4n) is 6.26. The fourth-order valence-corrected chi connectivity index (χ4v) is 6.26. The van der Waals surface area contributed by atoms with Crippen LogP contribution in [0.15, 0.2) is 47.7 Å². The number of hydrogen-bond donors (Lipinski definition) is 0. The molecule has 2 fully saturated rings. The van der Waals surface area contributed by atoms with Crippen LogP contribution in [0.1, 0.15) is 68.3 Å². The number of carbonyl (C=O) groups is 2. The quantitative estimate of drug-likeness (QED) is 0.688. The molecule has 28 heavy (non-hydrogen) atoms. The van der Waals surface area contributed by atoms with Crippen LogP contribution in [-0.2, 0) is 19.9 Å². The highest BCUT2D eigenvalue weighted by Crippen LogP contribution is 2.72. The SMILES string of the molecule is CCCC=C1OC(=O)C2=CC3CCC12C1(OC(=O)c2ccccc21)[C@@H]3CCC. The molecule has 4 heteroatoms. The van der Waals surface area contributed by atoms with E-state index in [1.807, 2.05) is 24.3 Å². The zero-order valence-electron chi connectivity index (χ0n) is 16.5. The summed E-state index contributed by atoms with van der Waals surface area (Å²) in [5.41, 5.74) is 0.766. The second-order valence-electron chi connectivity index (χ2n) is 8.50. The fraction of sp³-hybridized carbons (Fsp3) is 0.500. The van der Waals surface area contributed by atoms with Gasteiger partial charge in [-0.3, -0.25) is 0 Å². The van der Waals surface area contributed by atoms with Crippen molar-refractivity contribution in [1.29, 1.82) is 0 Å². The molecule has 4 atom stereocenters. The van der Waals surface area contributed by atoms with Gasteiger partial charge in [0.25, 0.3) is 0 Å². The van der Waals surface area contributed by atoms with Gasteiger partial charge in [0.1, 0.15) is 11.2 Å². The summed E-state index contributed by atoms with van der Waals surface area (Å²) in [7, 11) is 0. The Morgan fingerprint density at radius 2 is 1.96 bits per heavy atom. The molecule has 5 aliphatic rings. The van der Waals surface area contributed by atoms with Crippen LogP contribution in [0.5, 0.6) is 0 Å². The maximum Gasteiger partial charge on any atom is 0.340 e. The Morgan fingerprint density at radius 1 is 1.14 bits per heavy atom. The maximum absolute atomic E-state index is 13.0. The van der Waals surface area contributed by atoms with Crippen LogP contribution in [0.3, 0.4) is 0 Å². The van der Waals surface area contributed by atoms with Crippen molar-refractivity contribution < 1.29 is 19.1 Å². The lowest BCUT2D eigenvalue weighted by Gasteiger charge is -2.58. The third kappa shape index (κ3) is 1.91. The summed E-state index contributed by atoms with van der Waals surface area (Å²) in [4.78, 5) is 25.9. The highest BCUT2D eigenvalue weighted by atomic mass is 16.6. The first-order valence-corrected chi connectivity index (χ1v) is 10.6. The highest BCUT2D eigenvalue weighted by molar-refractivity contribution is 5.99. The van der Waals surface area contributed by atoms with E-state index in [1.54, 1.807) is 0 Å². The number of rotatable bonds is 4. The lowest BCUT2D eigenvalue weighted by atomic mass is 9.46. The number of esters is 2. The van der Waals surface area contributed by atoms with Crippen molar-refractivity contribution in [3.63, 3.8) is 0 Å². The Balaban J connectivity index is 1.83. The van der Waals surface area contributed by atoms with E-state index in [1.165, 1.54) is 0 Å². The molecule has 0 amide bonds. The first-order valence-electron chi connectivity index (χ1n) is 10.6. The van der Waals surface area contributed by atoms with Gasteiger partial charge in [0.15, 0.2) is 5.60 Å². The number of fused-ring (bicyclic) bond motifs is 2. The number of cyclic esters (lactones) is 1. The molecule has 2 heterocycles. The van der Waals surface area contributed by atoms with E-state index in [2.05, 4.69) is 26.0 Å². The Morgan fingerprint density at radius 3 is 2.75 bits per heavy atom. The molecule has 1 aromatic carbocycles. The molecule has 2 aliphatic heterocycles. The molecule has 2 spiro atoms. The summed E-state index contributed by atoms with van der Waals surface area (Å²) in [5.74, 6) is 0.555. The monoisotopic (exact) mass is 378 g/mol. The van der Waals surface area contributed by atoms with E-state index in [0.717, 1.165) is 44.1 Å². The van der Waals surface area contributed by atoms with Crippen LogP contribution >= 0.6 is 0 Å². The third-order valence-corrected chi connectivity index (χ3v) is 7.23. The van der Waals surface area contributed by atoms with Gasteiger partial charge < -0.3 is 9.47 Å². The minimum absolute atomic E-state index is 0.155. The van der Waals surface area contributed by atoms with Crippen molar-refractivity contribution in [3.8, 4) is 0 Å². The number of carbonyl (C=O) groups excluding carboxylic acids is 2. The Labute approximate surface area is 165 Å². The van der Waals surface area contributed by atoms with Gasteiger partial charge in [-0.25, -0.2) is 9.59 Å². The molecule has 146 valence electrons. The predicted molar refractivity (Wildman–Crippen MR) is 104 cm³/mol. The van der Waals surface area contributed by atoms with Crippen molar-refractivity contribution in [1.82, 2.24) is 0 Å². The average Bonchev–Trinajstić information content (AvgIpc) is 3.17. The summed E-state index contributed by atoms with van der Waals surface area (Å²) in [6.07, 6.45) is 9.74. The summed E-state index contributed by atoms with van der Waals surface area (Å²) < 4.78 is 12.2. The predicted octanol–water partition coefficient (Wildman–Crippen LogP) is 5.05. The zero-order chi connectivity index (χ0) is 19.5. The molecule has 1 saturated heterocycles. The molecular formula is C24H26O4. The van der Waals surface area contributed by atoms with Crippen molar-refractivity contribution in [2.45, 2.75) is 58.0 Å². The number of unbranched alkanes of at least 4 members (excludes halogenated alkanes) is 1. The van der Waals surface area contributed by atoms with Crippen molar-refractivity contribution >= 4 is 11.9 Å². The van der Waals surface area contributed by atoms with Crippen LogP contribution in [0, 0.1) is 17.3 Å². The van der Waals surface area contributed by atoms with Crippen LogP contribution in [0.4, 0.5) is 0 Å². The van der Waals surface area contributed by atoms with Crippen molar-refractivity contribution in [3.05, 3.63) is 58.9 Å². The normalized spacial score (nSPS) is 36.4. The first kappa shape index (κ1) is 17.7. The zero-order valence-corrected chi connectivity index (χ0v) is 16.5. The van der Waals surface area contributed by atoms with Gasteiger partial charge in [0.05, 0.1) is 11.1 Å². The number of ether oxygens (including phenoxy) is 2. The Kier molecular flexibility index (Phi) is 3.84. The van der Waals surface area contributed by atoms with Crippen molar-refractivity contribution in [2.75, 3.05) is 0 Å². The molecule has 6 rings (SSSR count). The van der Waals surface area contributed by atoms with Crippen LogP contribution in [-0.4, -0.2) is 11.9 Å². The molecule has 4 nitrogen and oxygen atoms in total. The number of benzene rings is 1. The van der Waals surface area contributed by atoms with Gasteiger partial charge in [-0.1, -0.05) is 51.0 Å². The molecule has 0 N–H and O–H groups in total. The van der Waals surface area contributed by atoms with Crippen LogP contribution < -0.4 is 0 Å². The average molecular weight is 378 g/mol. The molecule has 2 bridgehead atoms. The van der Waals surface area contributed by atoms with E-state index in [-0.39, 0.29) is 23.8 Å². The largest absolute Gasteiger partial charge is 0.449 e. The van der Waals surface area contributed by atoms with Gasteiger partial charge in [-0.15, -0.1) is 0 Å². The smallest absolute Gasteiger partial charge is 0.340 e. The molecule has 1 saturated carbocycles. The van der Waals surface area contributed by atoms with Gasteiger partial charge in [-0.05, 0) is 43.7 Å². The summed E-state index contributed by atoms with van der Waals surface area (Å²) >= 11 is 0. The molecule has 3 unspecified atom stereocenters. The summed E-state index contributed by atoms with van der Waals surface area (Å²) in [5, 5.41) is 0. The topological polar surface area (TPSA) is 52.6 Å². The molecule has 0 radical (unpaired) electrons. The number of allylic oxidation sites excluding steroid dienone is 2. The third-order valence-electron chi connectivity index (χ3n) is 7.23. The van der Waals surface area contributed by atoms with Crippen LogP contribution in [0.2, 0.25) is 0 Å². The molecule has 3 aliphatic carbocycles. The second-order valence-corrected chi connectivity index (χ2v) is 8.50. The van der Waals surface area contributed by atoms with E-state index >= 15 is 0 Å². The van der Waals surface area contributed by atoms with Gasteiger partial charge in [0, 0.05) is 11.5 Å². The van der Waals surface area contributed by atoms with E-state index < -0.39 is 11.0 Å². The minimum Gasteiger partial charge on any atom is -0.449 e. The van der Waals surface area contributed by atoms with Crippen molar-refractivity contribution in [2.24, 2.45) is 17.3 Å². The lowest BCUT2D eigenvalue weighted by molar-refractivity contribution is -0.152. The first-order chi connectivity index (χ1) is 13.6. The van der Waals surface area contributed by atoms with E-state index in [9.17, 15) is 9.59 Å². The summed E-state index contributed by atoms with van der Waals surface area (Å²) in [6, 6.07) is 7.73. The summed E-state index contributed by atoms with van der Waals surface area (Å²) in [6.45, 7) is 4.28. The van der Waals surface area contributed by atoms with E-state index in [4.69, 9.17) is 9.47 Å². The number of hydrogen-bond acceptors (Lipinski definition) is 4. The standard InChI is InChI=1S/C24H26O4/c1-3-5-11-20-23-13-12-15(14-19(23)22(26)27-20)17(8-4-2)24(23)18-10-7-6-9-16(18)21(25)28-24/h6-7,9-11,14-15,17H,3-5,8,12-13H2,1-2H3/t15?,17-,23?,24?/m1/s1. The lowest BCUT2D eigenvalue weighted by Crippen LogP contribution is -2.59. The Hall–Kier alpha value is -2.36.